The largest absolute Gasteiger partial charge is 0.335 e. The van der Waals surface area contributed by atoms with E-state index in [9.17, 15) is 9.18 Å². The van der Waals surface area contributed by atoms with Crippen LogP contribution in [0.2, 0.25) is 0 Å². The topological polar surface area (TPSA) is 23.6 Å². The molecule has 2 aliphatic heterocycles. The van der Waals surface area contributed by atoms with Gasteiger partial charge in [-0.05, 0) is 25.7 Å². The van der Waals surface area contributed by atoms with E-state index in [0.717, 1.165) is 32.5 Å². The lowest BCUT2D eigenvalue weighted by Gasteiger charge is -2.26. The lowest BCUT2D eigenvalue weighted by atomic mass is 10.1. The van der Waals surface area contributed by atoms with E-state index in [1.165, 1.54) is 0 Å². The Morgan fingerprint density at radius 1 is 1.35 bits per heavy atom. The van der Waals surface area contributed by atoms with Crippen molar-refractivity contribution in [3.8, 4) is 0 Å². The molecule has 0 aromatic heterocycles. The van der Waals surface area contributed by atoms with Crippen molar-refractivity contribution in [1.82, 2.24) is 9.80 Å². The molecule has 1 aliphatic carbocycles. The number of halogens is 1. The average Bonchev–Trinajstić information content (AvgIpc) is 2.77. The lowest BCUT2D eigenvalue weighted by molar-refractivity contribution is -0.139. The first kappa shape index (κ1) is 11.2. The van der Waals surface area contributed by atoms with Crippen molar-refractivity contribution in [1.29, 1.82) is 0 Å². The van der Waals surface area contributed by atoms with Crippen molar-refractivity contribution in [3.63, 3.8) is 0 Å². The fourth-order valence-electron chi connectivity index (χ4n) is 3.30. The summed E-state index contributed by atoms with van der Waals surface area (Å²) in [5.41, 5.74) is -1.50. The smallest absolute Gasteiger partial charge is 0.260 e. The predicted molar refractivity (Wildman–Crippen MR) is 63.4 cm³/mol. The number of fused-ring (bicyclic) bond motifs is 1. The van der Waals surface area contributed by atoms with E-state index in [0.29, 0.717) is 18.9 Å². The molecule has 3 fully saturated rings. The minimum atomic E-state index is -1.50. The summed E-state index contributed by atoms with van der Waals surface area (Å²) in [5.74, 6) is -0.245. The van der Waals surface area contributed by atoms with Gasteiger partial charge in [0.2, 0.25) is 0 Å². The maximum Gasteiger partial charge on any atom is 0.260 e. The van der Waals surface area contributed by atoms with Gasteiger partial charge < -0.3 is 4.90 Å². The van der Waals surface area contributed by atoms with Gasteiger partial charge >= 0.3 is 0 Å². The second-order valence-corrected chi connectivity index (χ2v) is 5.46. The number of alkyl halides is 1. The Kier molecular flexibility index (Phi) is 2.51. The Labute approximate surface area is 101 Å². The van der Waals surface area contributed by atoms with Crippen LogP contribution in [0.5, 0.6) is 0 Å². The van der Waals surface area contributed by atoms with Gasteiger partial charge in [0.1, 0.15) is 0 Å². The summed E-state index contributed by atoms with van der Waals surface area (Å²) in [7, 11) is 0. The molecule has 1 saturated carbocycles. The first-order valence-electron chi connectivity index (χ1n) is 6.51. The third kappa shape index (κ3) is 1.69. The van der Waals surface area contributed by atoms with Crippen molar-refractivity contribution in [3.05, 3.63) is 12.7 Å². The van der Waals surface area contributed by atoms with Crippen LogP contribution >= 0.6 is 0 Å². The van der Waals surface area contributed by atoms with E-state index >= 15 is 0 Å². The molecule has 2 heterocycles. The summed E-state index contributed by atoms with van der Waals surface area (Å²) in [4.78, 5) is 16.2. The number of rotatable bonds is 3. The van der Waals surface area contributed by atoms with Gasteiger partial charge in [0, 0.05) is 31.7 Å². The summed E-state index contributed by atoms with van der Waals surface area (Å²) in [6.07, 6.45) is 4.73. The molecular formula is C13H19FN2O. The van der Waals surface area contributed by atoms with Crippen LogP contribution in [0.1, 0.15) is 25.7 Å². The van der Waals surface area contributed by atoms with E-state index in [2.05, 4.69) is 11.5 Å². The van der Waals surface area contributed by atoms with Crippen LogP contribution in [0.3, 0.4) is 0 Å². The van der Waals surface area contributed by atoms with Crippen LogP contribution in [-0.4, -0.2) is 53.1 Å². The van der Waals surface area contributed by atoms with Gasteiger partial charge in [-0.2, -0.15) is 0 Å². The van der Waals surface area contributed by atoms with Crippen LogP contribution in [-0.2, 0) is 4.79 Å². The summed E-state index contributed by atoms with van der Waals surface area (Å²) in [6.45, 7) is 6.37. The molecule has 0 radical (unpaired) electrons. The summed E-state index contributed by atoms with van der Waals surface area (Å²) in [6, 6.07) is 0.676. The Morgan fingerprint density at radius 2 is 2.06 bits per heavy atom. The number of carbonyl (C=O) groups is 1. The van der Waals surface area contributed by atoms with E-state index in [4.69, 9.17) is 0 Å². The average molecular weight is 238 g/mol. The summed E-state index contributed by atoms with van der Waals surface area (Å²) < 4.78 is 13.8. The first-order valence-corrected chi connectivity index (χ1v) is 6.51. The number of likely N-dealkylation sites (tertiary alicyclic amines) is 2. The second-order valence-electron chi connectivity index (χ2n) is 5.46. The molecule has 0 unspecified atom stereocenters. The molecule has 2 saturated heterocycles. The monoisotopic (exact) mass is 238 g/mol. The minimum Gasteiger partial charge on any atom is -0.335 e. The highest BCUT2D eigenvalue weighted by molar-refractivity contribution is 5.88. The molecule has 0 N–H and O–H groups in total. The molecule has 1 amide bonds. The van der Waals surface area contributed by atoms with Gasteiger partial charge in [-0.15, -0.1) is 6.58 Å². The molecule has 3 nitrogen and oxygen atoms in total. The molecule has 0 bridgehead atoms. The lowest BCUT2D eigenvalue weighted by Crippen LogP contribution is -2.44. The number of hydrogen-bond donors (Lipinski definition) is 0. The summed E-state index contributed by atoms with van der Waals surface area (Å²) in [5, 5.41) is 0. The number of nitrogens with zero attached hydrogens (tertiary/aromatic N) is 2. The predicted octanol–water partition coefficient (Wildman–Crippen LogP) is 1.35. The molecule has 2 atom stereocenters. The highest BCUT2D eigenvalue weighted by Gasteiger charge is 2.56. The Bertz CT molecular complexity index is 353. The SMILES string of the molecule is C=CCN1CC[C@@H]2[C@@H]1CCN2C(=O)C1(F)CC1. The van der Waals surface area contributed by atoms with Gasteiger partial charge in [0.05, 0.1) is 0 Å². The van der Waals surface area contributed by atoms with Crippen LogP contribution in [0.15, 0.2) is 12.7 Å². The number of hydrogen-bond acceptors (Lipinski definition) is 2. The Morgan fingerprint density at radius 3 is 2.71 bits per heavy atom. The zero-order chi connectivity index (χ0) is 12.0. The van der Waals surface area contributed by atoms with E-state index in [1.54, 1.807) is 4.90 Å². The highest BCUT2D eigenvalue weighted by atomic mass is 19.1. The third-order valence-corrected chi connectivity index (χ3v) is 4.39. The molecule has 0 aromatic carbocycles. The van der Waals surface area contributed by atoms with Gasteiger partial charge in [0.25, 0.3) is 5.91 Å². The van der Waals surface area contributed by atoms with Gasteiger partial charge in [-0.3, -0.25) is 9.69 Å². The zero-order valence-corrected chi connectivity index (χ0v) is 10.1. The molecule has 17 heavy (non-hydrogen) atoms. The van der Waals surface area contributed by atoms with Crippen molar-refractivity contribution in [2.24, 2.45) is 0 Å². The van der Waals surface area contributed by atoms with E-state index in [1.807, 2.05) is 6.08 Å². The normalized spacial score (nSPS) is 34.8. The number of amides is 1. The fraction of sp³-hybridized carbons (Fsp3) is 0.769. The Balaban J connectivity index is 1.70. The zero-order valence-electron chi connectivity index (χ0n) is 10.1. The molecule has 0 aromatic rings. The first-order chi connectivity index (χ1) is 8.15. The quantitative estimate of drug-likeness (QED) is 0.693. The fourth-order valence-corrected chi connectivity index (χ4v) is 3.30. The minimum absolute atomic E-state index is 0.245. The van der Waals surface area contributed by atoms with Gasteiger partial charge in [-0.25, -0.2) is 4.39 Å². The van der Waals surface area contributed by atoms with E-state index < -0.39 is 5.67 Å². The maximum absolute atomic E-state index is 13.8. The Hall–Kier alpha value is -0.900. The third-order valence-electron chi connectivity index (χ3n) is 4.39. The molecule has 3 aliphatic rings. The van der Waals surface area contributed by atoms with E-state index in [-0.39, 0.29) is 11.9 Å². The van der Waals surface area contributed by atoms with Crippen molar-refractivity contribution in [2.75, 3.05) is 19.6 Å². The highest BCUT2D eigenvalue weighted by Crippen LogP contribution is 2.44. The standard InChI is InChI=1S/C13H19FN2O/c1-2-7-15-8-3-11-10(15)4-9-16(11)12(17)13(14)5-6-13/h2,10-11H,1,3-9H2/t10-,11+/m0/s1. The van der Waals surface area contributed by atoms with Crippen LogP contribution in [0.25, 0.3) is 0 Å². The molecular weight excluding hydrogens is 219 g/mol. The summed E-state index contributed by atoms with van der Waals surface area (Å²) >= 11 is 0. The molecule has 94 valence electrons. The van der Waals surface area contributed by atoms with Crippen LogP contribution in [0, 0.1) is 0 Å². The van der Waals surface area contributed by atoms with Crippen molar-refractivity contribution in [2.45, 2.75) is 43.4 Å². The molecule has 4 heteroatoms. The van der Waals surface area contributed by atoms with Crippen molar-refractivity contribution < 1.29 is 9.18 Å². The van der Waals surface area contributed by atoms with Crippen molar-refractivity contribution >= 4 is 5.91 Å². The second kappa shape index (κ2) is 3.80. The van der Waals surface area contributed by atoms with Gasteiger partial charge in [0.15, 0.2) is 5.67 Å². The molecule has 3 rings (SSSR count). The maximum atomic E-state index is 13.8. The molecule has 0 spiro atoms. The van der Waals surface area contributed by atoms with Crippen LogP contribution < -0.4 is 0 Å². The van der Waals surface area contributed by atoms with Gasteiger partial charge in [-0.1, -0.05) is 6.08 Å². The van der Waals surface area contributed by atoms with Crippen LogP contribution in [0.4, 0.5) is 4.39 Å². The number of carbonyl (C=O) groups excluding carboxylic acids is 1.